The van der Waals surface area contributed by atoms with E-state index in [-0.39, 0.29) is 56.9 Å². The monoisotopic (exact) mass is 906 g/mol. The molecule has 0 atom stereocenters. The van der Waals surface area contributed by atoms with Gasteiger partial charge in [0.15, 0.2) is 56.9 Å². The SMILES string of the molecule is N=C(NCCCN(CCCN(CCCNC(=N)NC(=O)c1nc(Cl)c(N)nc1N)Cc1ccccc1)Cc1ccccc1)NC(=O)c1nc(Cl)c(N)nc1N.O=C(O)C(F)(F)F. The van der Waals surface area contributed by atoms with Crippen LogP contribution in [0.4, 0.5) is 36.4 Å². The molecular formula is C37H47Cl2F3N16O4. The lowest BCUT2D eigenvalue weighted by atomic mass is 10.2. The van der Waals surface area contributed by atoms with Gasteiger partial charge < -0.3 is 38.7 Å². The van der Waals surface area contributed by atoms with Gasteiger partial charge in [-0.1, -0.05) is 83.9 Å². The first-order chi connectivity index (χ1) is 29.3. The molecule has 2 aromatic carbocycles. The number of hydrogen-bond acceptors (Lipinski definition) is 15. The molecule has 0 bridgehead atoms. The Labute approximate surface area is 364 Å². The Morgan fingerprint density at radius 1 is 0.613 bits per heavy atom. The van der Waals surface area contributed by atoms with Crippen LogP contribution in [0, 0.1) is 10.8 Å². The van der Waals surface area contributed by atoms with Crippen LogP contribution >= 0.6 is 23.2 Å². The van der Waals surface area contributed by atoms with E-state index in [0.29, 0.717) is 25.9 Å². The molecule has 25 heteroatoms. The summed E-state index contributed by atoms with van der Waals surface area (Å²) in [5.74, 6) is -5.17. The molecule has 334 valence electrons. The van der Waals surface area contributed by atoms with Crippen LogP contribution in [0.25, 0.3) is 0 Å². The molecular weight excluding hydrogens is 860 g/mol. The fourth-order valence-electron chi connectivity index (χ4n) is 5.42. The van der Waals surface area contributed by atoms with E-state index in [0.717, 1.165) is 45.7 Å². The van der Waals surface area contributed by atoms with Gasteiger partial charge >= 0.3 is 12.1 Å². The quantitative estimate of drug-likeness (QED) is 0.0388. The van der Waals surface area contributed by atoms with Gasteiger partial charge in [0.25, 0.3) is 11.8 Å². The minimum atomic E-state index is -5.08. The maximum atomic E-state index is 12.6. The Morgan fingerprint density at radius 3 is 1.29 bits per heavy atom. The molecule has 0 aliphatic rings. The smallest absolute Gasteiger partial charge is 0.475 e. The molecule has 0 saturated carbocycles. The molecule has 20 nitrogen and oxygen atoms in total. The third kappa shape index (κ3) is 17.6. The Balaban J connectivity index is 0.00000134. The van der Waals surface area contributed by atoms with Crippen LogP contribution < -0.4 is 44.2 Å². The lowest BCUT2D eigenvalue weighted by molar-refractivity contribution is -0.192. The van der Waals surface area contributed by atoms with Crippen molar-refractivity contribution in [3.8, 4) is 0 Å². The number of carbonyl (C=O) groups is 3. The molecule has 0 unspecified atom stereocenters. The number of carbonyl (C=O) groups excluding carboxylic acids is 2. The first kappa shape index (κ1) is 49.8. The van der Waals surface area contributed by atoms with Gasteiger partial charge in [0.1, 0.15) is 0 Å². The number of aromatic nitrogens is 4. The maximum absolute atomic E-state index is 12.6. The Bertz CT molecular complexity index is 2000. The third-order valence-corrected chi connectivity index (χ3v) is 8.87. The van der Waals surface area contributed by atoms with Gasteiger partial charge in [0.05, 0.1) is 0 Å². The van der Waals surface area contributed by atoms with E-state index in [1.54, 1.807) is 0 Å². The number of nitrogens with two attached hydrogens (primary N) is 4. The molecule has 2 amide bonds. The normalized spacial score (nSPS) is 11.0. The minimum Gasteiger partial charge on any atom is -0.475 e. The summed E-state index contributed by atoms with van der Waals surface area (Å²) in [4.78, 5) is 54.1. The predicted octanol–water partition coefficient (Wildman–Crippen LogP) is 2.92. The maximum Gasteiger partial charge on any atom is 0.490 e. The van der Waals surface area contributed by atoms with Crippen LogP contribution in [-0.4, -0.2) is 110 Å². The van der Waals surface area contributed by atoms with Crippen molar-refractivity contribution in [2.45, 2.75) is 38.5 Å². The van der Waals surface area contributed by atoms with Gasteiger partial charge in [0.2, 0.25) is 0 Å². The van der Waals surface area contributed by atoms with E-state index in [1.165, 1.54) is 11.1 Å². The van der Waals surface area contributed by atoms with Crippen molar-refractivity contribution >= 4 is 76.2 Å². The highest BCUT2D eigenvalue weighted by Gasteiger charge is 2.38. The van der Waals surface area contributed by atoms with Gasteiger partial charge in [0, 0.05) is 39.3 Å². The van der Waals surface area contributed by atoms with Gasteiger partial charge in [-0.3, -0.25) is 40.8 Å². The molecule has 0 radical (unpaired) electrons. The fraction of sp³-hybridized carbons (Fsp3) is 0.324. The van der Waals surface area contributed by atoms with Crippen molar-refractivity contribution < 1.29 is 32.7 Å². The van der Waals surface area contributed by atoms with Gasteiger partial charge in [-0.15, -0.1) is 0 Å². The lowest BCUT2D eigenvalue weighted by Crippen LogP contribution is -2.42. The largest absolute Gasteiger partial charge is 0.490 e. The minimum absolute atomic E-state index is 0.0896. The van der Waals surface area contributed by atoms with Crippen molar-refractivity contribution in [2.75, 3.05) is 62.2 Å². The number of nitrogen functional groups attached to an aromatic ring is 4. The number of guanidine groups is 2. The first-order valence-electron chi connectivity index (χ1n) is 18.6. The van der Waals surface area contributed by atoms with E-state index >= 15 is 0 Å². The van der Waals surface area contributed by atoms with Crippen LogP contribution in [-0.2, 0) is 17.9 Å². The Morgan fingerprint density at radius 2 is 0.952 bits per heavy atom. The summed E-state index contributed by atoms with van der Waals surface area (Å²) in [6, 6.07) is 20.4. The lowest BCUT2D eigenvalue weighted by Gasteiger charge is -2.26. The van der Waals surface area contributed by atoms with Crippen LogP contribution in [0.15, 0.2) is 60.7 Å². The zero-order valence-electron chi connectivity index (χ0n) is 33.1. The molecule has 4 aromatic rings. The van der Waals surface area contributed by atoms with Crippen molar-refractivity contribution in [2.24, 2.45) is 0 Å². The zero-order chi connectivity index (χ0) is 45.8. The summed E-state index contributed by atoms with van der Waals surface area (Å²) in [5, 5.41) is 33.8. The van der Waals surface area contributed by atoms with Crippen LogP contribution in [0.2, 0.25) is 10.3 Å². The Kier molecular flexibility index (Phi) is 19.8. The van der Waals surface area contributed by atoms with E-state index < -0.39 is 24.0 Å². The van der Waals surface area contributed by atoms with Crippen LogP contribution in [0.5, 0.6) is 0 Å². The number of carboxylic acids is 1. The molecule has 15 N–H and O–H groups in total. The number of nitrogens with one attached hydrogen (secondary N) is 6. The van der Waals surface area contributed by atoms with E-state index in [2.05, 4.69) is 75.3 Å². The van der Waals surface area contributed by atoms with Gasteiger partial charge in [-0.2, -0.15) is 13.2 Å². The molecule has 4 rings (SSSR count). The average Bonchev–Trinajstić information content (AvgIpc) is 3.21. The zero-order valence-corrected chi connectivity index (χ0v) is 34.6. The predicted molar refractivity (Wildman–Crippen MR) is 229 cm³/mol. The number of hydrogen-bond donors (Lipinski definition) is 11. The molecule has 2 heterocycles. The van der Waals surface area contributed by atoms with Gasteiger partial charge in [-0.05, 0) is 43.5 Å². The summed E-state index contributed by atoms with van der Waals surface area (Å²) in [5.41, 5.74) is 24.6. The topological polar surface area (TPSA) is 329 Å². The van der Waals surface area contributed by atoms with Crippen molar-refractivity contribution in [3.05, 3.63) is 93.5 Å². The van der Waals surface area contributed by atoms with Crippen molar-refractivity contribution in [1.82, 2.24) is 51.0 Å². The number of nitrogens with zero attached hydrogens (tertiary/aromatic N) is 6. The summed E-state index contributed by atoms with van der Waals surface area (Å²) in [6.45, 7) is 5.50. The number of aliphatic carboxylic acids is 1. The number of carboxylic acid groups (broad SMARTS) is 1. The first-order valence-corrected chi connectivity index (χ1v) is 19.4. The summed E-state index contributed by atoms with van der Waals surface area (Å²) in [7, 11) is 0. The molecule has 0 spiro atoms. The second-order valence-corrected chi connectivity index (χ2v) is 13.9. The highest BCUT2D eigenvalue weighted by atomic mass is 35.5. The summed E-state index contributed by atoms with van der Waals surface area (Å²) < 4.78 is 31.7. The fourth-order valence-corrected chi connectivity index (χ4v) is 5.68. The molecule has 62 heavy (non-hydrogen) atoms. The van der Waals surface area contributed by atoms with E-state index in [1.807, 2.05) is 36.4 Å². The van der Waals surface area contributed by atoms with E-state index in [4.69, 9.17) is 66.9 Å². The molecule has 0 saturated heterocycles. The standard InChI is InChI=1S/C35H46Cl2N16O2.C2HF3O2/c36-26-30(40)48-28(38)24(46-26)32(54)50-34(42)44-14-7-16-52(20-22-10-3-1-4-11-22)18-9-19-53(21-23-12-5-2-6-13-23)17-8-15-45-35(43)51-33(55)25-29(39)49-31(41)27(37)47-25;3-2(4,5)1(6)7/h1-6,10-13H,7-9,14-21H2,(H4,38,40,48)(H4,39,41,49)(H3,42,44,50,54)(H3,43,45,51,55);(H,6,7). The number of anilines is 4. The van der Waals surface area contributed by atoms with Gasteiger partial charge in [-0.25, -0.2) is 24.7 Å². The summed E-state index contributed by atoms with van der Waals surface area (Å²) in [6.07, 6.45) is -2.79. The third-order valence-electron chi connectivity index (χ3n) is 8.31. The Hall–Kier alpha value is -6.56. The number of benzene rings is 2. The second-order valence-electron chi connectivity index (χ2n) is 13.2. The number of halogens is 5. The van der Waals surface area contributed by atoms with Crippen molar-refractivity contribution in [3.63, 3.8) is 0 Å². The molecule has 2 aromatic heterocycles. The van der Waals surface area contributed by atoms with Crippen molar-refractivity contribution in [1.29, 1.82) is 10.8 Å². The summed E-state index contributed by atoms with van der Waals surface area (Å²) >= 11 is 11.8. The van der Waals surface area contributed by atoms with Crippen LogP contribution in [0.1, 0.15) is 51.4 Å². The number of rotatable bonds is 18. The highest BCUT2D eigenvalue weighted by molar-refractivity contribution is 6.32. The molecule has 0 aliphatic carbocycles. The average molecular weight is 908 g/mol. The molecule has 0 aliphatic heterocycles. The molecule has 0 fully saturated rings. The second kappa shape index (κ2) is 24.6. The highest BCUT2D eigenvalue weighted by Crippen LogP contribution is 2.18. The van der Waals surface area contributed by atoms with E-state index in [9.17, 15) is 22.8 Å². The number of alkyl halides is 3. The van der Waals surface area contributed by atoms with Crippen LogP contribution in [0.3, 0.4) is 0 Å². The number of amides is 2.